The van der Waals surface area contributed by atoms with Crippen LogP contribution >= 0.6 is 22.6 Å². The molecule has 0 aliphatic heterocycles. The van der Waals surface area contributed by atoms with Crippen molar-refractivity contribution in [3.05, 3.63) is 56.9 Å². The Labute approximate surface area is 154 Å². The molecule has 24 heavy (non-hydrogen) atoms. The summed E-state index contributed by atoms with van der Waals surface area (Å²) in [6.07, 6.45) is 1.66. The molecule has 0 aliphatic carbocycles. The Hall–Kier alpha value is -2.07. The maximum atomic E-state index is 13.9. The first kappa shape index (κ1) is 18.3. The van der Waals surface area contributed by atoms with Gasteiger partial charge in [0.1, 0.15) is 5.82 Å². The third-order valence-electron chi connectivity index (χ3n) is 3.20. The van der Waals surface area contributed by atoms with Gasteiger partial charge in [0.15, 0.2) is 11.5 Å². The van der Waals surface area contributed by atoms with Gasteiger partial charge in [0.25, 0.3) is 0 Å². The molecule has 3 nitrogen and oxygen atoms in total. The lowest BCUT2D eigenvalue weighted by atomic mass is 10.0. The molecule has 0 fully saturated rings. The number of ether oxygens (including phenoxy) is 2. The predicted molar refractivity (Wildman–Crippen MR) is 101 cm³/mol. The number of hydrogen-bond acceptors (Lipinski definition) is 3. The topological polar surface area (TPSA) is 42.2 Å². The van der Waals surface area contributed by atoms with Gasteiger partial charge in [0.05, 0.1) is 28.4 Å². The van der Waals surface area contributed by atoms with Crippen molar-refractivity contribution in [2.24, 2.45) is 0 Å². The Bertz CT molecular complexity index is 809. The highest BCUT2D eigenvalue weighted by molar-refractivity contribution is 14.1. The summed E-state index contributed by atoms with van der Waals surface area (Å²) in [6, 6.07) is 11.9. The first-order valence-electron chi connectivity index (χ1n) is 7.37. The smallest absolute Gasteiger partial charge is 0.174 e. The second kappa shape index (κ2) is 8.15. The fourth-order valence-corrected chi connectivity index (χ4v) is 2.94. The first-order chi connectivity index (χ1) is 11.5. The number of benzene rings is 2. The van der Waals surface area contributed by atoms with Crippen LogP contribution in [0.5, 0.6) is 11.5 Å². The second-order valence-corrected chi connectivity index (χ2v) is 6.51. The average molecular weight is 437 g/mol. The molecule has 0 atom stereocenters. The average Bonchev–Trinajstić information content (AvgIpc) is 2.55. The van der Waals surface area contributed by atoms with Gasteiger partial charge in [0.2, 0.25) is 0 Å². The molecule has 2 aromatic rings. The van der Waals surface area contributed by atoms with Gasteiger partial charge in [-0.25, -0.2) is 4.39 Å². The fourth-order valence-electron chi connectivity index (χ4n) is 2.19. The van der Waals surface area contributed by atoms with Gasteiger partial charge in [-0.05, 0) is 66.3 Å². The maximum Gasteiger partial charge on any atom is 0.174 e. The molecule has 0 saturated carbocycles. The van der Waals surface area contributed by atoms with Gasteiger partial charge in [-0.1, -0.05) is 18.2 Å². The summed E-state index contributed by atoms with van der Waals surface area (Å²) in [5.74, 6) is 0.814. The normalized spacial score (nSPS) is 11.3. The van der Waals surface area contributed by atoms with Crippen LogP contribution in [0.3, 0.4) is 0 Å². The zero-order valence-corrected chi connectivity index (χ0v) is 15.8. The molecule has 0 spiro atoms. The van der Waals surface area contributed by atoms with Crippen molar-refractivity contribution in [3.8, 4) is 17.6 Å². The molecule has 124 valence electrons. The summed E-state index contributed by atoms with van der Waals surface area (Å²) in [6.45, 7) is 3.88. The zero-order valence-electron chi connectivity index (χ0n) is 13.6. The lowest BCUT2D eigenvalue weighted by Gasteiger charge is -2.16. The monoisotopic (exact) mass is 437 g/mol. The van der Waals surface area contributed by atoms with E-state index < -0.39 is 5.82 Å². The molecule has 0 N–H and O–H groups in total. The minimum Gasteiger partial charge on any atom is -0.493 e. The van der Waals surface area contributed by atoms with Gasteiger partial charge in [-0.15, -0.1) is 0 Å². The summed E-state index contributed by atoms with van der Waals surface area (Å²) < 4.78 is 26.0. The van der Waals surface area contributed by atoms with Crippen molar-refractivity contribution in [2.45, 2.75) is 20.0 Å². The quantitative estimate of drug-likeness (QED) is 0.363. The maximum absolute atomic E-state index is 13.9. The standard InChI is InChI=1S/C19H17FINO2/c1-12(2)24-19-17(21)9-13(10-18(19)23-3)8-14(11-22)15-6-4-5-7-16(15)20/h4-10,12H,1-3H3. The summed E-state index contributed by atoms with van der Waals surface area (Å²) in [7, 11) is 1.56. The van der Waals surface area contributed by atoms with E-state index in [4.69, 9.17) is 9.47 Å². The van der Waals surface area contributed by atoms with Gasteiger partial charge in [-0.3, -0.25) is 0 Å². The van der Waals surface area contributed by atoms with Crippen LogP contribution in [0.15, 0.2) is 36.4 Å². The largest absolute Gasteiger partial charge is 0.493 e. The fraction of sp³-hybridized carbons (Fsp3) is 0.211. The molecule has 0 saturated heterocycles. The van der Waals surface area contributed by atoms with Crippen molar-refractivity contribution < 1.29 is 13.9 Å². The number of methoxy groups -OCH3 is 1. The summed E-state index contributed by atoms with van der Waals surface area (Å²) >= 11 is 2.16. The van der Waals surface area contributed by atoms with Crippen molar-refractivity contribution in [3.63, 3.8) is 0 Å². The van der Waals surface area contributed by atoms with E-state index in [2.05, 4.69) is 28.7 Å². The summed E-state index contributed by atoms with van der Waals surface area (Å²) in [5, 5.41) is 9.39. The zero-order chi connectivity index (χ0) is 17.7. The Kier molecular flexibility index (Phi) is 6.21. The first-order valence-corrected chi connectivity index (χ1v) is 8.45. The molecule has 0 aliphatic rings. The van der Waals surface area contributed by atoms with Crippen LogP contribution in [0.25, 0.3) is 11.6 Å². The van der Waals surface area contributed by atoms with Crippen LogP contribution in [-0.2, 0) is 0 Å². The SMILES string of the molecule is COc1cc(C=C(C#N)c2ccccc2F)cc(I)c1OC(C)C. The molecule has 0 heterocycles. The van der Waals surface area contributed by atoms with Crippen LogP contribution in [0.2, 0.25) is 0 Å². The summed E-state index contributed by atoms with van der Waals surface area (Å²) in [4.78, 5) is 0. The Morgan fingerprint density at radius 1 is 1.29 bits per heavy atom. The molecule has 0 aromatic heterocycles. The number of rotatable bonds is 5. The second-order valence-electron chi connectivity index (χ2n) is 5.35. The highest BCUT2D eigenvalue weighted by Gasteiger charge is 2.14. The van der Waals surface area contributed by atoms with Crippen LogP contribution in [-0.4, -0.2) is 13.2 Å². The van der Waals surface area contributed by atoms with Crippen molar-refractivity contribution in [1.29, 1.82) is 5.26 Å². The Morgan fingerprint density at radius 3 is 2.58 bits per heavy atom. The molecule has 2 rings (SSSR count). The third kappa shape index (κ3) is 4.26. The van der Waals surface area contributed by atoms with Gasteiger partial charge < -0.3 is 9.47 Å². The predicted octanol–water partition coefficient (Wildman–Crippen LogP) is 5.29. The van der Waals surface area contributed by atoms with E-state index in [0.29, 0.717) is 11.5 Å². The van der Waals surface area contributed by atoms with E-state index in [9.17, 15) is 9.65 Å². The van der Waals surface area contributed by atoms with Gasteiger partial charge >= 0.3 is 0 Å². The number of hydrogen-bond donors (Lipinski definition) is 0. The number of allylic oxidation sites excluding steroid dienone is 1. The minimum absolute atomic E-state index is 0.0156. The minimum atomic E-state index is -0.424. The molecule has 2 aromatic carbocycles. The van der Waals surface area contributed by atoms with Crippen molar-refractivity contribution in [2.75, 3.05) is 7.11 Å². The third-order valence-corrected chi connectivity index (χ3v) is 4.00. The number of halogens is 2. The highest BCUT2D eigenvalue weighted by Crippen LogP contribution is 2.35. The van der Waals surface area contributed by atoms with Gasteiger partial charge in [-0.2, -0.15) is 5.26 Å². The lowest BCUT2D eigenvalue weighted by molar-refractivity contribution is 0.228. The van der Waals surface area contributed by atoms with Crippen LogP contribution in [0.1, 0.15) is 25.0 Å². The number of nitriles is 1. The lowest BCUT2D eigenvalue weighted by Crippen LogP contribution is -2.08. The van der Waals surface area contributed by atoms with E-state index >= 15 is 0 Å². The summed E-state index contributed by atoms with van der Waals surface area (Å²) in [5.41, 5.74) is 1.27. The van der Waals surface area contributed by atoms with Crippen molar-refractivity contribution >= 4 is 34.2 Å². The van der Waals surface area contributed by atoms with E-state index in [0.717, 1.165) is 9.13 Å². The van der Waals surface area contributed by atoms with E-state index in [-0.39, 0.29) is 17.2 Å². The highest BCUT2D eigenvalue weighted by atomic mass is 127. The number of nitrogens with zero attached hydrogens (tertiary/aromatic N) is 1. The molecule has 0 unspecified atom stereocenters. The van der Waals surface area contributed by atoms with Crippen LogP contribution in [0, 0.1) is 20.7 Å². The molecule has 0 radical (unpaired) electrons. The Morgan fingerprint density at radius 2 is 2.00 bits per heavy atom. The molecular weight excluding hydrogens is 420 g/mol. The van der Waals surface area contributed by atoms with E-state index in [1.807, 2.05) is 19.9 Å². The molecule has 5 heteroatoms. The van der Waals surface area contributed by atoms with E-state index in [1.165, 1.54) is 6.07 Å². The molecule has 0 amide bonds. The van der Waals surface area contributed by atoms with E-state index in [1.54, 1.807) is 37.5 Å². The van der Waals surface area contributed by atoms with Crippen LogP contribution in [0.4, 0.5) is 4.39 Å². The molecular formula is C19H17FINO2. The van der Waals surface area contributed by atoms with Gasteiger partial charge in [0, 0.05) is 5.56 Å². The Balaban J connectivity index is 2.51. The molecule has 0 bridgehead atoms. The van der Waals surface area contributed by atoms with Crippen LogP contribution < -0.4 is 9.47 Å². The van der Waals surface area contributed by atoms with Crippen molar-refractivity contribution in [1.82, 2.24) is 0 Å².